The lowest BCUT2D eigenvalue weighted by atomic mass is 9.92. The number of carbonyl (C=O) groups excluding carboxylic acids is 3. The number of unbranched alkanes of at least 4 members (excludes halogenated alkanes) is 3. The Hall–Kier alpha value is -2.57. The van der Waals surface area contributed by atoms with Gasteiger partial charge in [-0.15, -0.1) is 0 Å². The molecular weight excluding hydrogens is 502 g/mol. The minimum atomic E-state index is -0.804. The first-order valence-corrected chi connectivity index (χ1v) is 15.5. The maximum atomic E-state index is 14.5. The van der Waals surface area contributed by atoms with Crippen LogP contribution in [0.1, 0.15) is 128 Å². The molecule has 0 aromatic heterocycles. The number of ether oxygens (including phenoxy) is 1. The predicted octanol–water partition coefficient (Wildman–Crippen LogP) is 7.14. The number of benzene rings is 1. The Balaban J connectivity index is 2.53. The van der Waals surface area contributed by atoms with Crippen molar-refractivity contribution in [3.8, 4) is 0 Å². The van der Waals surface area contributed by atoms with E-state index in [0.717, 1.165) is 68.1 Å². The van der Waals surface area contributed by atoms with Crippen LogP contribution in [0.15, 0.2) is 18.2 Å². The monoisotopic (exact) mass is 557 g/mol. The van der Waals surface area contributed by atoms with Crippen LogP contribution < -0.4 is 10.6 Å². The number of hydrogen-bond acceptors (Lipinski definition) is 4. The van der Waals surface area contributed by atoms with E-state index < -0.39 is 23.8 Å². The van der Waals surface area contributed by atoms with Crippen LogP contribution in [0, 0.1) is 19.8 Å². The fraction of sp³-hybridized carbons (Fsp3) is 0.727. The van der Waals surface area contributed by atoms with Gasteiger partial charge in [0.2, 0.25) is 11.8 Å². The zero-order valence-electron chi connectivity index (χ0n) is 26.4. The molecule has 226 valence electrons. The lowest BCUT2D eigenvalue weighted by Gasteiger charge is -2.37. The van der Waals surface area contributed by atoms with E-state index >= 15 is 0 Å². The zero-order valence-corrected chi connectivity index (χ0v) is 26.4. The summed E-state index contributed by atoms with van der Waals surface area (Å²) < 4.78 is 5.53. The van der Waals surface area contributed by atoms with Crippen molar-refractivity contribution in [3.05, 3.63) is 34.9 Å². The Morgan fingerprint density at radius 2 is 1.70 bits per heavy atom. The molecule has 3 unspecified atom stereocenters. The molecular formula is C33H55N3O4. The molecule has 0 bridgehead atoms. The summed E-state index contributed by atoms with van der Waals surface area (Å²) in [5.41, 5.74) is 2.24. The number of hydrogen-bond donors (Lipinski definition) is 2. The maximum absolute atomic E-state index is 14.5. The van der Waals surface area contributed by atoms with Crippen LogP contribution in [0.2, 0.25) is 0 Å². The molecule has 2 N–H and O–H groups in total. The van der Waals surface area contributed by atoms with E-state index in [0.29, 0.717) is 13.0 Å². The number of aryl methyl sites for hydroxylation is 2. The molecule has 0 spiro atoms. The third kappa shape index (κ3) is 10.4. The second-order valence-electron chi connectivity index (χ2n) is 12.7. The van der Waals surface area contributed by atoms with E-state index in [4.69, 9.17) is 4.74 Å². The highest BCUT2D eigenvalue weighted by molar-refractivity contribution is 5.92. The van der Waals surface area contributed by atoms with E-state index in [-0.39, 0.29) is 23.8 Å². The van der Waals surface area contributed by atoms with Gasteiger partial charge in [0, 0.05) is 12.6 Å². The summed E-state index contributed by atoms with van der Waals surface area (Å²) in [5.74, 6) is -0.511. The number of nitrogens with zero attached hydrogens (tertiary/aromatic N) is 1. The molecule has 1 aliphatic rings. The lowest BCUT2D eigenvalue weighted by molar-refractivity contribution is -0.144. The first kappa shape index (κ1) is 33.6. The predicted molar refractivity (Wildman–Crippen MR) is 162 cm³/mol. The fourth-order valence-corrected chi connectivity index (χ4v) is 5.48. The van der Waals surface area contributed by atoms with Gasteiger partial charge in [0.1, 0.15) is 17.7 Å². The van der Waals surface area contributed by atoms with Crippen molar-refractivity contribution < 1.29 is 19.1 Å². The van der Waals surface area contributed by atoms with Crippen molar-refractivity contribution in [2.45, 2.75) is 143 Å². The van der Waals surface area contributed by atoms with Crippen molar-refractivity contribution in [2.75, 3.05) is 6.54 Å². The van der Waals surface area contributed by atoms with Crippen molar-refractivity contribution in [2.24, 2.45) is 5.92 Å². The highest BCUT2D eigenvalue weighted by atomic mass is 16.6. The zero-order chi connectivity index (χ0) is 29.9. The number of carbonyl (C=O) groups is 3. The van der Waals surface area contributed by atoms with E-state index in [2.05, 4.69) is 23.6 Å². The topological polar surface area (TPSA) is 87.7 Å². The third-order valence-corrected chi connectivity index (χ3v) is 7.92. The maximum Gasteiger partial charge on any atom is 0.408 e. The average molecular weight is 558 g/mol. The molecule has 2 rings (SSSR count). The van der Waals surface area contributed by atoms with E-state index in [1.54, 1.807) is 25.7 Å². The van der Waals surface area contributed by atoms with E-state index in [1.165, 1.54) is 6.42 Å². The van der Waals surface area contributed by atoms with Gasteiger partial charge < -0.3 is 20.3 Å². The van der Waals surface area contributed by atoms with Gasteiger partial charge in [0.05, 0.1) is 0 Å². The van der Waals surface area contributed by atoms with E-state index in [1.807, 2.05) is 39.8 Å². The van der Waals surface area contributed by atoms with Gasteiger partial charge in [0.15, 0.2) is 0 Å². The standard InChI is InChI=1S/C33H55N3O4/c1-9-11-12-16-21-36(31(38)28(24(4)10-2)35-32(39)40-33(6,7)8)29(27-20-19-23(3)22-25(27)5)30(37)34-26-17-14-13-15-18-26/h19-20,22,24,26,28-29H,9-18,21H2,1-8H3,(H,34,37)(H,35,39). The molecule has 1 saturated carbocycles. The molecule has 0 saturated heterocycles. The molecule has 7 heteroatoms. The quantitative estimate of drug-likeness (QED) is 0.252. The van der Waals surface area contributed by atoms with Crippen LogP contribution in [0.25, 0.3) is 0 Å². The third-order valence-electron chi connectivity index (χ3n) is 7.92. The van der Waals surface area contributed by atoms with Crippen molar-refractivity contribution in [3.63, 3.8) is 0 Å². The Labute approximate surface area is 243 Å². The van der Waals surface area contributed by atoms with Crippen molar-refractivity contribution in [1.29, 1.82) is 0 Å². The SMILES string of the molecule is CCCCCCN(C(=O)C(NC(=O)OC(C)(C)C)C(C)CC)C(C(=O)NC1CCCCC1)c1ccc(C)cc1C. The molecule has 0 aliphatic heterocycles. The summed E-state index contributed by atoms with van der Waals surface area (Å²) in [6, 6.07) is 4.61. The second kappa shape index (κ2) is 16.0. The Morgan fingerprint density at radius 1 is 1.02 bits per heavy atom. The molecule has 1 aliphatic carbocycles. The largest absolute Gasteiger partial charge is 0.444 e. The van der Waals surface area contributed by atoms with Gasteiger partial charge in [-0.05, 0) is 70.9 Å². The Kier molecular flexibility index (Phi) is 13.5. The molecule has 0 radical (unpaired) electrons. The van der Waals surface area contributed by atoms with Crippen molar-refractivity contribution >= 4 is 17.9 Å². The van der Waals surface area contributed by atoms with Crippen LogP contribution in [0.5, 0.6) is 0 Å². The van der Waals surface area contributed by atoms with Crippen LogP contribution >= 0.6 is 0 Å². The van der Waals surface area contributed by atoms with E-state index in [9.17, 15) is 14.4 Å². The molecule has 40 heavy (non-hydrogen) atoms. The molecule has 0 heterocycles. The van der Waals surface area contributed by atoms with Crippen LogP contribution in [0.4, 0.5) is 4.79 Å². The number of alkyl carbamates (subject to hydrolysis) is 1. The summed E-state index contributed by atoms with van der Waals surface area (Å²) in [5, 5.41) is 6.18. The summed E-state index contributed by atoms with van der Waals surface area (Å²) >= 11 is 0. The second-order valence-corrected chi connectivity index (χ2v) is 12.7. The Morgan fingerprint density at radius 3 is 2.27 bits per heavy atom. The number of nitrogens with one attached hydrogen (secondary N) is 2. The normalized spacial score (nSPS) is 16.5. The van der Waals surface area contributed by atoms with Crippen LogP contribution in [-0.4, -0.2) is 47.0 Å². The molecule has 1 aromatic rings. The number of amides is 3. The Bertz CT molecular complexity index is 965. The number of rotatable bonds is 13. The average Bonchev–Trinajstić information content (AvgIpc) is 2.88. The van der Waals surface area contributed by atoms with Crippen LogP contribution in [0.3, 0.4) is 0 Å². The molecule has 1 aromatic carbocycles. The minimum absolute atomic E-state index is 0.122. The molecule has 1 fully saturated rings. The smallest absolute Gasteiger partial charge is 0.408 e. The summed E-state index contributed by atoms with van der Waals surface area (Å²) in [4.78, 5) is 43.2. The van der Waals surface area contributed by atoms with Gasteiger partial charge in [-0.3, -0.25) is 9.59 Å². The van der Waals surface area contributed by atoms with Gasteiger partial charge in [-0.25, -0.2) is 4.79 Å². The van der Waals surface area contributed by atoms with Gasteiger partial charge >= 0.3 is 6.09 Å². The van der Waals surface area contributed by atoms with Gasteiger partial charge in [0.25, 0.3) is 0 Å². The minimum Gasteiger partial charge on any atom is -0.444 e. The van der Waals surface area contributed by atoms with Crippen molar-refractivity contribution in [1.82, 2.24) is 15.5 Å². The summed E-state index contributed by atoms with van der Waals surface area (Å²) in [7, 11) is 0. The summed E-state index contributed by atoms with van der Waals surface area (Å²) in [6.45, 7) is 16.0. The molecule has 3 amide bonds. The summed E-state index contributed by atoms with van der Waals surface area (Å²) in [6.07, 6.45) is 9.31. The molecule has 3 atom stereocenters. The molecule has 7 nitrogen and oxygen atoms in total. The lowest BCUT2D eigenvalue weighted by Crippen LogP contribution is -2.56. The first-order chi connectivity index (χ1) is 18.9. The highest BCUT2D eigenvalue weighted by Crippen LogP contribution is 2.29. The van der Waals surface area contributed by atoms with Crippen LogP contribution in [-0.2, 0) is 14.3 Å². The van der Waals surface area contributed by atoms with Gasteiger partial charge in [-0.2, -0.15) is 0 Å². The first-order valence-electron chi connectivity index (χ1n) is 15.5. The van der Waals surface area contributed by atoms with Gasteiger partial charge in [-0.1, -0.05) is 89.5 Å². The highest BCUT2D eigenvalue weighted by Gasteiger charge is 2.39. The fourth-order valence-electron chi connectivity index (χ4n) is 5.48.